The second-order valence-electron chi connectivity index (χ2n) is 4.23. The van der Waals surface area contributed by atoms with Gasteiger partial charge >= 0.3 is 0 Å². The predicted molar refractivity (Wildman–Crippen MR) is 68.9 cm³/mol. The molecule has 0 radical (unpaired) electrons. The summed E-state index contributed by atoms with van der Waals surface area (Å²) in [6.45, 7) is 2.01. The van der Waals surface area contributed by atoms with Gasteiger partial charge in [-0.25, -0.2) is 4.99 Å². The molecule has 1 aromatic rings. The van der Waals surface area contributed by atoms with E-state index in [4.69, 9.17) is 0 Å². The molecule has 0 bridgehead atoms. The van der Waals surface area contributed by atoms with Gasteiger partial charge in [0.05, 0.1) is 5.69 Å². The summed E-state index contributed by atoms with van der Waals surface area (Å²) in [4.78, 5) is 19.5. The number of hydrogen-bond donors (Lipinski definition) is 0. The molecular weight excluding hydrogens is 214 g/mol. The Labute approximate surface area is 101 Å². The average Bonchev–Trinajstić information content (AvgIpc) is 2.61. The second kappa shape index (κ2) is 4.41. The van der Waals surface area contributed by atoms with Crippen molar-refractivity contribution in [3.05, 3.63) is 41.7 Å². The maximum atomic E-state index is 12.0. The smallest absolute Gasteiger partial charge is 0.283 e. The molecule has 1 amide bonds. The lowest BCUT2D eigenvalue weighted by molar-refractivity contribution is -0.113. The van der Waals surface area contributed by atoms with E-state index in [-0.39, 0.29) is 5.91 Å². The molecule has 0 aromatic heterocycles. The first kappa shape index (κ1) is 11.4. The van der Waals surface area contributed by atoms with Gasteiger partial charge in [0.1, 0.15) is 12.0 Å². The number of amides is 1. The van der Waals surface area contributed by atoms with Crippen molar-refractivity contribution in [3.63, 3.8) is 0 Å². The summed E-state index contributed by atoms with van der Waals surface area (Å²) in [6, 6.07) is 7.78. The van der Waals surface area contributed by atoms with Gasteiger partial charge < -0.3 is 4.90 Å². The van der Waals surface area contributed by atoms with Gasteiger partial charge in [0.2, 0.25) is 0 Å². The number of aryl methyl sites for hydroxylation is 1. The summed E-state index contributed by atoms with van der Waals surface area (Å²) in [5, 5.41) is 0. The Balaban J connectivity index is 2.24. The fraction of sp³-hybridized carbons (Fsp3) is 0.231. The molecule has 88 valence electrons. The minimum absolute atomic E-state index is 0.0949. The van der Waals surface area contributed by atoms with Crippen molar-refractivity contribution in [2.45, 2.75) is 6.92 Å². The lowest BCUT2D eigenvalue weighted by Crippen LogP contribution is -2.25. The summed E-state index contributed by atoms with van der Waals surface area (Å²) in [5.41, 5.74) is 2.46. The molecule has 1 aliphatic rings. The lowest BCUT2D eigenvalue weighted by atomic mass is 10.2. The van der Waals surface area contributed by atoms with Gasteiger partial charge in [-0.1, -0.05) is 17.7 Å². The van der Waals surface area contributed by atoms with E-state index in [1.165, 1.54) is 5.56 Å². The highest BCUT2D eigenvalue weighted by Crippen LogP contribution is 2.20. The largest absolute Gasteiger partial charge is 0.382 e. The highest BCUT2D eigenvalue weighted by molar-refractivity contribution is 6.20. The fourth-order valence-electron chi connectivity index (χ4n) is 1.57. The van der Waals surface area contributed by atoms with Crippen LogP contribution in [-0.4, -0.2) is 31.2 Å². The number of hydrogen-bond acceptors (Lipinski definition) is 3. The SMILES string of the molecule is Cc1ccc(N2C=N/C(=C/N(C)C)C2=O)cc1. The number of carbonyl (C=O) groups is 1. The lowest BCUT2D eigenvalue weighted by Gasteiger charge is -2.12. The van der Waals surface area contributed by atoms with Crippen molar-refractivity contribution in [3.8, 4) is 0 Å². The first-order chi connectivity index (χ1) is 8.08. The summed E-state index contributed by atoms with van der Waals surface area (Å²) in [6.07, 6.45) is 3.27. The molecule has 0 unspecified atom stereocenters. The average molecular weight is 229 g/mol. The summed E-state index contributed by atoms with van der Waals surface area (Å²) < 4.78 is 0. The number of anilines is 1. The van der Waals surface area contributed by atoms with Crippen LogP contribution >= 0.6 is 0 Å². The van der Waals surface area contributed by atoms with Crippen molar-refractivity contribution >= 4 is 17.9 Å². The highest BCUT2D eigenvalue weighted by Gasteiger charge is 2.23. The van der Waals surface area contributed by atoms with Crippen LogP contribution in [0.4, 0.5) is 5.69 Å². The Bertz CT molecular complexity index is 486. The quantitative estimate of drug-likeness (QED) is 0.725. The zero-order chi connectivity index (χ0) is 12.4. The molecule has 2 rings (SSSR count). The molecule has 0 spiro atoms. The van der Waals surface area contributed by atoms with Gasteiger partial charge in [0.25, 0.3) is 5.91 Å². The molecule has 0 atom stereocenters. The van der Waals surface area contributed by atoms with Gasteiger partial charge in [-0.15, -0.1) is 0 Å². The summed E-state index contributed by atoms with van der Waals surface area (Å²) in [7, 11) is 3.73. The Hall–Kier alpha value is -2.10. The maximum absolute atomic E-state index is 12.0. The topological polar surface area (TPSA) is 35.9 Å². The fourth-order valence-corrected chi connectivity index (χ4v) is 1.57. The van der Waals surface area contributed by atoms with Crippen LogP contribution in [0.3, 0.4) is 0 Å². The van der Waals surface area contributed by atoms with Crippen LogP contribution in [0.2, 0.25) is 0 Å². The number of benzene rings is 1. The van der Waals surface area contributed by atoms with E-state index in [0.29, 0.717) is 5.70 Å². The van der Waals surface area contributed by atoms with Crippen LogP contribution in [0.1, 0.15) is 5.56 Å². The minimum Gasteiger partial charge on any atom is -0.382 e. The Morgan fingerprint density at radius 3 is 2.47 bits per heavy atom. The number of aliphatic imine (C=N–C) groups is 1. The van der Waals surface area contributed by atoms with Gasteiger partial charge in [-0.2, -0.15) is 0 Å². The molecule has 1 aromatic carbocycles. The molecule has 4 heteroatoms. The molecule has 0 aliphatic carbocycles. The van der Waals surface area contributed by atoms with Crippen molar-refractivity contribution in [1.29, 1.82) is 0 Å². The van der Waals surface area contributed by atoms with Crippen LogP contribution in [-0.2, 0) is 4.79 Å². The van der Waals surface area contributed by atoms with Gasteiger partial charge in [-0.3, -0.25) is 9.69 Å². The monoisotopic (exact) mass is 229 g/mol. The molecule has 4 nitrogen and oxygen atoms in total. The molecule has 1 heterocycles. The van der Waals surface area contributed by atoms with Crippen molar-refractivity contribution in [1.82, 2.24) is 4.90 Å². The summed E-state index contributed by atoms with van der Waals surface area (Å²) in [5.74, 6) is -0.0949. The van der Waals surface area contributed by atoms with Crippen LogP contribution < -0.4 is 4.90 Å². The molecule has 0 N–H and O–H groups in total. The minimum atomic E-state index is -0.0949. The van der Waals surface area contributed by atoms with Crippen LogP contribution in [0.25, 0.3) is 0 Å². The van der Waals surface area contributed by atoms with Crippen LogP contribution in [0, 0.1) is 6.92 Å². The second-order valence-corrected chi connectivity index (χ2v) is 4.23. The Morgan fingerprint density at radius 2 is 1.88 bits per heavy atom. The van der Waals surface area contributed by atoms with E-state index in [1.807, 2.05) is 50.2 Å². The maximum Gasteiger partial charge on any atom is 0.283 e. The van der Waals surface area contributed by atoms with Crippen molar-refractivity contribution < 1.29 is 4.79 Å². The van der Waals surface area contributed by atoms with Gasteiger partial charge in [0, 0.05) is 20.3 Å². The molecular formula is C13H15N3O. The first-order valence-corrected chi connectivity index (χ1v) is 5.40. The van der Waals surface area contributed by atoms with E-state index in [1.54, 1.807) is 17.4 Å². The standard InChI is InChI=1S/C13H15N3O/c1-10-4-6-11(7-5-10)16-9-14-12(13(16)17)8-15(2)3/h4-9H,1-3H3/b12-8+. The van der Waals surface area contributed by atoms with E-state index in [2.05, 4.69) is 4.99 Å². The van der Waals surface area contributed by atoms with Gasteiger partial charge in [-0.05, 0) is 19.1 Å². The van der Waals surface area contributed by atoms with E-state index < -0.39 is 0 Å². The highest BCUT2D eigenvalue weighted by atomic mass is 16.2. The van der Waals surface area contributed by atoms with Crippen molar-refractivity contribution in [2.24, 2.45) is 4.99 Å². The summed E-state index contributed by atoms with van der Waals surface area (Å²) >= 11 is 0. The molecule has 0 saturated heterocycles. The Kier molecular flexibility index (Phi) is 2.95. The molecule has 17 heavy (non-hydrogen) atoms. The Morgan fingerprint density at radius 1 is 1.24 bits per heavy atom. The van der Waals surface area contributed by atoms with Gasteiger partial charge in [0.15, 0.2) is 0 Å². The molecule has 0 saturated carbocycles. The molecule has 1 aliphatic heterocycles. The van der Waals surface area contributed by atoms with E-state index >= 15 is 0 Å². The third-order valence-electron chi connectivity index (χ3n) is 2.44. The number of rotatable bonds is 2. The van der Waals surface area contributed by atoms with Crippen molar-refractivity contribution in [2.75, 3.05) is 19.0 Å². The first-order valence-electron chi connectivity index (χ1n) is 5.40. The third kappa shape index (κ3) is 2.36. The van der Waals surface area contributed by atoms with E-state index in [0.717, 1.165) is 5.69 Å². The van der Waals surface area contributed by atoms with E-state index in [9.17, 15) is 4.79 Å². The normalized spacial score (nSPS) is 17.0. The zero-order valence-electron chi connectivity index (χ0n) is 10.2. The zero-order valence-corrected chi connectivity index (χ0v) is 10.2. The predicted octanol–water partition coefficient (Wildman–Crippen LogP) is 1.77. The van der Waals surface area contributed by atoms with Crippen LogP contribution in [0.15, 0.2) is 41.2 Å². The molecule has 0 fully saturated rings. The number of carbonyl (C=O) groups excluding carboxylic acids is 1. The number of nitrogens with zero attached hydrogens (tertiary/aromatic N) is 3. The third-order valence-corrected chi connectivity index (χ3v) is 2.44. The van der Waals surface area contributed by atoms with Crippen LogP contribution in [0.5, 0.6) is 0 Å².